The lowest BCUT2D eigenvalue weighted by Crippen LogP contribution is -2.28. The van der Waals surface area contributed by atoms with E-state index < -0.39 is 16.9 Å². The monoisotopic (exact) mass is 289 g/mol. The van der Waals surface area contributed by atoms with Crippen molar-refractivity contribution in [3.8, 4) is 0 Å². The first-order valence-corrected chi connectivity index (χ1v) is 6.47. The highest BCUT2D eigenvalue weighted by Gasteiger charge is 2.17. The van der Waals surface area contributed by atoms with Gasteiger partial charge < -0.3 is 10.4 Å². The maximum atomic E-state index is 11.1. The first-order valence-electron chi connectivity index (χ1n) is 6.47. The van der Waals surface area contributed by atoms with Crippen molar-refractivity contribution in [2.75, 3.05) is 5.32 Å². The summed E-state index contributed by atoms with van der Waals surface area (Å²) in [7, 11) is 0. The highest BCUT2D eigenvalue weighted by atomic mass is 16.6. The first-order chi connectivity index (χ1) is 9.92. The third-order valence-corrected chi connectivity index (χ3v) is 3.17. The van der Waals surface area contributed by atoms with E-state index in [1.54, 1.807) is 26.0 Å². The van der Waals surface area contributed by atoms with Gasteiger partial charge in [0.2, 0.25) is 0 Å². The van der Waals surface area contributed by atoms with Gasteiger partial charge in [0, 0.05) is 28.9 Å². The predicted octanol–water partition coefficient (Wildman–Crippen LogP) is 2.73. The zero-order chi connectivity index (χ0) is 15.6. The van der Waals surface area contributed by atoms with Crippen LogP contribution in [-0.2, 0) is 4.79 Å². The molecular formula is C14H15N3O4. The van der Waals surface area contributed by atoms with Crippen molar-refractivity contribution in [3.05, 3.63) is 40.1 Å². The molecule has 1 atom stereocenters. The number of carboxylic acids is 1. The van der Waals surface area contributed by atoms with Gasteiger partial charge in [0.1, 0.15) is 6.04 Å². The van der Waals surface area contributed by atoms with Gasteiger partial charge in [-0.3, -0.25) is 15.1 Å². The van der Waals surface area contributed by atoms with Crippen LogP contribution in [0.1, 0.15) is 19.0 Å². The van der Waals surface area contributed by atoms with E-state index in [9.17, 15) is 14.9 Å². The molecule has 2 rings (SSSR count). The van der Waals surface area contributed by atoms with E-state index in [0.29, 0.717) is 28.7 Å². The van der Waals surface area contributed by atoms with Crippen molar-refractivity contribution in [2.24, 2.45) is 0 Å². The molecule has 0 aliphatic heterocycles. The van der Waals surface area contributed by atoms with Gasteiger partial charge in [-0.15, -0.1) is 0 Å². The van der Waals surface area contributed by atoms with E-state index in [1.807, 2.05) is 0 Å². The van der Waals surface area contributed by atoms with E-state index in [1.165, 1.54) is 12.1 Å². The number of hydrogen-bond acceptors (Lipinski definition) is 5. The average Bonchev–Trinajstić information content (AvgIpc) is 2.43. The molecule has 7 nitrogen and oxygen atoms in total. The number of carbonyl (C=O) groups is 1. The minimum atomic E-state index is -0.967. The summed E-state index contributed by atoms with van der Waals surface area (Å²) >= 11 is 0. The van der Waals surface area contributed by atoms with Crippen molar-refractivity contribution in [2.45, 2.75) is 26.3 Å². The summed E-state index contributed by atoms with van der Waals surface area (Å²) in [4.78, 5) is 25.8. The zero-order valence-electron chi connectivity index (χ0n) is 11.7. The first kappa shape index (κ1) is 14.7. The number of nitrogens with zero attached hydrogens (tertiary/aromatic N) is 2. The molecular weight excluding hydrogens is 274 g/mol. The summed E-state index contributed by atoms with van der Waals surface area (Å²) in [6, 6.07) is 5.28. The summed E-state index contributed by atoms with van der Waals surface area (Å²) in [6.07, 6.45) is 0.396. The summed E-state index contributed by atoms with van der Waals surface area (Å²) < 4.78 is 0. The highest BCUT2D eigenvalue weighted by molar-refractivity contribution is 5.94. The van der Waals surface area contributed by atoms with Gasteiger partial charge >= 0.3 is 5.97 Å². The Balaban J connectivity index is 2.57. The predicted molar refractivity (Wildman–Crippen MR) is 78.5 cm³/mol. The molecule has 21 heavy (non-hydrogen) atoms. The number of nitro groups is 1. The van der Waals surface area contributed by atoms with Crippen LogP contribution in [0.5, 0.6) is 0 Å². The number of non-ortho nitro benzene ring substituents is 1. The molecule has 0 aliphatic rings. The Labute approximate surface area is 120 Å². The molecule has 1 aromatic heterocycles. The Morgan fingerprint density at radius 1 is 1.48 bits per heavy atom. The number of benzene rings is 1. The van der Waals surface area contributed by atoms with Crippen LogP contribution in [-0.4, -0.2) is 27.0 Å². The number of rotatable bonds is 5. The van der Waals surface area contributed by atoms with Crippen LogP contribution in [0.25, 0.3) is 10.9 Å². The Morgan fingerprint density at radius 3 is 2.76 bits per heavy atom. The SMILES string of the molecule is CCC(Nc1cc(C)nc2ccc([N+](=O)[O-])cc12)C(=O)O. The van der Waals surface area contributed by atoms with Gasteiger partial charge in [-0.2, -0.15) is 0 Å². The second-order valence-electron chi connectivity index (χ2n) is 4.71. The standard InChI is InChI=1S/C14H15N3O4/c1-3-11(14(18)19)16-13-6-8(2)15-12-5-4-9(17(20)21)7-10(12)13/h4-7,11H,3H2,1-2H3,(H,15,16)(H,18,19). The van der Waals surface area contributed by atoms with Crippen molar-refractivity contribution < 1.29 is 14.8 Å². The molecule has 2 aromatic rings. The molecule has 1 unspecified atom stereocenters. The largest absolute Gasteiger partial charge is 0.480 e. The molecule has 7 heteroatoms. The fourth-order valence-corrected chi connectivity index (χ4v) is 2.11. The van der Waals surface area contributed by atoms with Crippen LogP contribution in [0.3, 0.4) is 0 Å². The van der Waals surface area contributed by atoms with Crippen molar-refractivity contribution in [1.29, 1.82) is 0 Å². The molecule has 0 amide bonds. The van der Waals surface area contributed by atoms with Crippen LogP contribution in [0.2, 0.25) is 0 Å². The van der Waals surface area contributed by atoms with E-state index >= 15 is 0 Å². The molecule has 1 aromatic carbocycles. The number of pyridine rings is 1. The van der Waals surface area contributed by atoms with E-state index in [4.69, 9.17) is 5.11 Å². The smallest absolute Gasteiger partial charge is 0.326 e. The van der Waals surface area contributed by atoms with Gasteiger partial charge in [-0.25, -0.2) is 4.79 Å². The molecule has 0 saturated carbocycles. The van der Waals surface area contributed by atoms with E-state index in [-0.39, 0.29) is 5.69 Å². The van der Waals surface area contributed by atoms with Crippen LogP contribution in [0.4, 0.5) is 11.4 Å². The third kappa shape index (κ3) is 3.07. The molecule has 0 spiro atoms. The number of aromatic nitrogens is 1. The molecule has 0 saturated heterocycles. The Bertz CT molecular complexity index is 715. The van der Waals surface area contributed by atoms with Gasteiger partial charge in [0.15, 0.2) is 0 Å². The van der Waals surface area contributed by atoms with Crippen LogP contribution >= 0.6 is 0 Å². The summed E-state index contributed by atoms with van der Waals surface area (Å²) in [5, 5.41) is 23.5. The van der Waals surface area contributed by atoms with Crippen molar-refractivity contribution >= 4 is 28.2 Å². The maximum Gasteiger partial charge on any atom is 0.326 e. The van der Waals surface area contributed by atoms with Crippen LogP contribution in [0.15, 0.2) is 24.3 Å². The topological polar surface area (TPSA) is 105 Å². The average molecular weight is 289 g/mol. The lowest BCUT2D eigenvalue weighted by molar-refractivity contribution is -0.384. The second kappa shape index (κ2) is 5.74. The lowest BCUT2D eigenvalue weighted by atomic mass is 10.1. The normalized spacial score (nSPS) is 12.1. The Kier molecular flexibility index (Phi) is 4.02. The van der Waals surface area contributed by atoms with Gasteiger partial charge in [-0.05, 0) is 25.5 Å². The number of aliphatic carboxylic acids is 1. The van der Waals surface area contributed by atoms with Crippen LogP contribution in [0, 0.1) is 17.0 Å². The van der Waals surface area contributed by atoms with E-state index in [0.717, 1.165) is 0 Å². The minimum absolute atomic E-state index is 0.0559. The molecule has 0 bridgehead atoms. The van der Waals surface area contributed by atoms with Gasteiger partial charge in [0.25, 0.3) is 5.69 Å². The maximum absolute atomic E-state index is 11.1. The number of nitro benzene ring substituents is 1. The number of carboxylic acid groups (broad SMARTS) is 1. The molecule has 110 valence electrons. The highest BCUT2D eigenvalue weighted by Crippen LogP contribution is 2.28. The van der Waals surface area contributed by atoms with Gasteiger partial charge in [0.05, 0.1) is 10.4 Å². The number of anilines is 1. The molecule has 0 aliphatic carbocycles. The number of hydrogen-bond donors (Lipinski definition) is 2. The summed E-state index contributed by atoms with van der Waals surface area (Å²) in [6.45, 7) is 3.54. The van der Waals surface area contributed by atoms with Crippen LogP contribution < -0.4 is 5.32 Å². The molecule has 0 radical (unpaired) electrons. The number of aryl methyl sites for hydroxylation is 1. The van der Waals surface area contributed by atoms with Gasteiger partial charge in [-0.1, -0.05) is 6.92 Å². The quantitative estimate of drug-likeness (QED) is 0.647. The van der Waals surface area contributed by atoms with Crippen molar-refractivity contribution in [1.82, 2.24) is 4.98 Å². The number of fused-ring (bicyclic) bond motifs is 1. The fraction of sp³-hybridized carbons (Fsp3) is 0.286. The molecule has 2 N–H and O–H groups in total. The lowest BCUT2D eigenvalue weighted by Gasteiger charge is -2.16. The Hall–Kier alpha value is -2.70. The third-order valence-electron chi connectivity index (χ3n) is 3.17. The molecule has 0 fully saturated rings. The number of nitrogens with one attached hydrogen (secondary N) is 1. The Morgan fingerprint density at radius 2 is 2.19 bits per heavy atom. The summed E-state index contributed by atoms with van der Waals surface area (Å²) in [5.74, 6) is -0.967. The summed E-state index contributed by atoms with van der Waals surface area (Å²) in [5.41, 5.74) is 1.78. The van der Waals surface area contributed by atoms with E-state index in [2.05, 4.69) is 10.3 Å². The second-order valence-corrected chi connectivity index (χ2v) is 4.71. The van der Waals surface area contributed by atoms with Crippen molar-refractivity contribution in [3.63, 3.8) is 0 Å². The minimum Gasteiger partial charge on any atom is -0.480 e. The zero-order valence-corrected chi connectivity index (χ0v) is 11.7. The fourth-order valence-electron chi connectivity index (χ4n) is 2.11. The molecule has 1 heterocycles.